The van der Waals surface area contributed by atoms with Crippen molar-refractivity contribution in [1.82, 2.24) is 10.1 Å². The summed E-state index contributed by atoms with van der Waals surface area (Å²) >= 11 is 5.85. The monoisotopic (exact) mass is 279 g/mol. The molecule has 0 saturated carbocycles. The van der Waals surface area contributed by atoms with Crippen LogP contribution in [0, 0.1) is 0 Å². The molecule has 0 bridgehead atoms. The number of hydrogen-bond donors (Lipinski definition) is 1. The van der Waals surface area contributed by atoms with Gasteiger partial charge in [-0.3, -0.25) is 0 Å². The van der Waals surface area contributed by atoms with Crippen molar-refractivity contribution in [2.24, 2.45) is 5.73 Å². The number of nitrogens with zero attached hydrogens (tertiary/aromatic N) is 2. The zero-order chi connectivity index (χ0) is 13.7. The van der Waals surface area contributed by atoms with Crippen LogP contribution in [-0.2, 0) is 6.42 Å². The smallest absolute Gasteiger partial charge is 0.229 e. The molecule has 5 heteroatoms. The number of hydrogen-bond acceptors (Lipinski definition) is 4. The molecule has 0 spiro atoms. The fraction of sp³-hybridized carbons (Fsp3) is 0.429. The minimum atomic E-state index is 0.259. The molecule has 0 amide bonds. The van der Waals surface area contributed by atoms with Crippen LogP contribution in [0.5, 0.6) is 0 Å². The summed E-state index contributed by atoms with van der Waals surface area (Å²) in [5, 5.41) is 4.74. The van der Waals surface area contributed by atoms with E-state index in [0.717, 1.165) is 23.4 Å². The van der Waals surface area contributed by atoms with Gasteiger partial charge in [0.1, 0.15) is 0 Å². The minimum absolute atomic E-state index is 0.259. The van der Waals surface area contributed by atoms with Crippen molar-refractivity contribution in [1.29, 1.82) is 0 Å². The van der Waals surface area contributed by atoms with Crippen molar-refractivity contribution in [2.45, 2.75) is 32.1 Å². The number of halogens is 1. The Morgan fingerprint density at radius 2 is 2.05 bits per heavy atom. The lowest BCUT2D eigenvalue weighted by molar-refractivity contribution is 0.349. The molecule has 0 aliphatic rings. The van der Waals surface area contributed by atoms with Gasteiger partial charge in [0.15, 0.2) is 5.82 Å². The van der Waals surface area contributed by atoms with Gasteiger partial charge in [-0.25, -0.2) is 0 Å². The standard InChI is InChI=1S/C14H18ClN3O/c1-10(3-2-8-16)14-17-13(18-19-14)9-11-4-6-12(15)7-5-11/h4-7,10H,2-3,8-9,16H2,1H3. The third kappa shape index (κ3) is 4.04. The molecule has 4 nitrogen and oxygen atoms in total. The summed E-state index contributed by atoms with van der Waals surface area (Å²) in [6.45, 7) is 2.77. The highest BCUT2D eigenvalue weighted by Gasteiger charge is 2.13. The van der Waals surface area contributed by atoms with Gasteiger partial charge >= 0.3 is 0 Å². The topological polar surface area (TPSA) is 64.9 Å². The Bertz CT molecular complexity index is 510. The second-order valence-electron chi connectivity index (χ2n) is 4.68. The van der Waals surface area contributed by atoms with Crippen LogP contribution >= 0.6 is 11.6 Å². The maximum Gasteiger partial charge on any atom is 0.229 e. The van der Waals surface area contributed by atoms with Gasteiger partial charge in [-0.15, -0.1) is 0 Å². The Hall–Kier alpha value is -1.39. The zero-order valence-corrected chi connectivity index (χ0v) is 11.7. The van der Waals surface area contributed by atoms with Crippen molar-refractivity contribution in [3.63, 3.8) is 0 Å². The first-order valence-electron chi connectivity index (χ1n) is 6.46. The highest BCUT2D eigenvalue weighted by atomic mass is 35.5. The molecule has 0 saturated heterocycles. The second-order valence-corrected chi connectivity index (χ2v) is 5.12. The van der Waals surface area contributed by atoms with E-state index in [2.05, 4.69) is 17.1 Å². The lowest BCUT2D eigenvalue weighted by Gasteiger charge is -2.03. The first-order valence-corrected chi connectivity index (χ1v) is 6.84. The Kier molecular flexibility index (Phi) is 4.93. The van der Waals surface area contributed by atoms with Crippen LogP contribution in [0.3, 0.4) is 0 Å². The van der Waals surface area contributed by atoms with E-state index < -0.39 is 0 Å². The van der Waals surface area contributed by atoms with Crippen LogP contribution in [-0.4, -0.2) is 16.7 Å². The molecule has 1 atom stereocenters. The molecule has 0 fully saturated rings. The molecule has 0 aliphatic heterocycles. The largest absolute Gasteiger partial charge is 0.339 e. The van der Waals surface area contributed by atoms with E-state index in [-0.39, 0.29) is 5.92 Å². The Morgan fingerprint density at radius 3 is 2.74 bits per heavy atom. The number of nitrogens with two attached hydrogens (primary N) is 1. The van der Waals surface area contributed by atoms with Crippen molar-refractivity contribution in [3.8, 4) is 0 Å². The molecule has 2 rings (SSSR count). The van der Waals surface area contributed by atoms with Gasteiger partial charge in [-0.1, -0.05) is 35.8 Å². The summed E-state index contributed by atoms with van der Waals surface area (Å²) in [5.41, 5.74) is 6.61. The van der Waals surface area contributed by atoms with E-state index >= 15 is 0 Å². The van der Waals surface area contributed by atoms with Gasteiger partial charge in [0, 0.05) is 17.4 Å². The summed E-state index contributed by atoms with van der Waals surface area (Å²) in [6, 6.07) is 7.66. The van der Waals surface area contributed by atoms with E-state index in [1.54, 1.807) is 0 Å². The Labute approximate surface area is 118 Å². The quantitative estimate of drug-likeness (QED) is 0.882. The fourth-order valence-corrected chi connectivity index (χ4v) is 2.00. The molecule has 2 N–H and O–H groups in total. The second kappa shape index (κ2) is 6.68. The van der Waals surface area contributed by atoms with Gasteiger partial charge in [-0.2, -0.15) is 4.98 Å². The summed E-state index contributed by atoms with van der Waals surface area (Å²) in [4.78, 5) is 4.43. The molecule has 0 radical (unpaired) electrons. The molecule has 1 heterocycles. The molecule has 19 heavy (non-hydrogen) atoms. The third-order valence-electron chi connectivity index (χ3n) is 3.02. The highest BCUT2D eigenvalue weighted by molar-refractivity contribution is 6.30. The molecule has 102 valence electrons. The first-order chi connectivity index (χ1) is 9.19. The van der Waals surface area contributed by atoms with Crippen molar-refractivity contribution in [3.05, 3.63) is 46.6 Å². The average molecular weight is 280 g/mol. The van der Waals surface area contributed by atoms with Crippen LogP contribution in [0.2, 0.25) is 5.02 Å². The molecule has 0 aliphatic carbocycles. The van der Waals surface area contributed by atoms with Gasteiger partial charge in [-0.05, 0) is 37.1 Å². The van der Waals surface area contributed by atoms with Crippen LogP contribution in [0.4, 0.5) is 0 Å². The molecule has 2 aromatic rings. The van der Waals surface area contributed by atoms with Crippen molar-refractivity contribution >= 4 is 11.6 Å². The summed E-state index contributed by atoms with van der Waals surface area (Å²) < 4.78 is 5.29. The van der Waals surface area contributed by atoms with E-state index in [1.165, 1.54) is 0 Å². The highest BCUT2D eigenvalue weighted by Crippen LogP contribution is 2.19. The lowest BCUT2D eigenvalue weighted by Crippen LogP contribution is -2.02. The van der Waals surface area contributed by atoms with E-state index in [9.17, 15) is 0 Å². The number of aromatic nitrogens is 2. The molecular formula is C14H18ClN3O. The maximum atomic E-state index is 5.85. The maximum absolute atomic E-state index is 5.85. The fourth-order valence-electron chi connectivity index (χ4n) is 1.87. The van der Waals surface area contributed by atoms with Crippen molar-refractivity contribution < 1.29 is 4.52 Å². The number of benzene rings is 1. The predicted octanol–water partition coefficient (Wildman–Crippen LogP) is 3.16. The van der Waals surface area contributed by atoms with Gasteiger partial charge in [0.05, 0.1) is 0 Å². The summed E-state index contributed by atoms with van der Waals surface area (Å²) in [7, 11) is 0. The minimum Gasteiger partial charge on any atom is -0.339 e. The van der Waals surface area contributed by atoms with Crippen LogP contribution in [0.1, 0.15) is 43.0 Å². The van der Waals surface area contributed by atoms with Gasteiger partial charge in [0.2, 0.25) is 5.89 Å². The SMILES string of the molecule is CC(CCCN)c1nc(Cc2ccc(Cl)cc2)no1. The van der Waals surface area contributed by atoms with Gasteiger partial charge < -0.3 is 10.3 Å². The third-order valence-corrected chi connectivity index (χ3v) is 3.27. The normalized spacial score (nSPS) is 12.6. The average Bonchev–Trinajstić information content (AvgIpc) is 2.87. The zero-order valence-electron chi connectivity index (χ0n) is 11.0. The van der Waals surface area contributed by atoms with E-state index in [0.29, 0.717) is 24.7 Å². The predicted molar refractivity (Wildman–Crippen MR) is 75.3 cm³/mol. The number of rotatable bonds is 6. The van der Waals surface area contributed by atoms with Crippen LogP contribution < -0.4 is 5.73 Å². The summed E-state index contributed by atoms with van der Waals surface area (Å²) in [6.07, 6.45) is 2.60. The lowest BCUT2D eigenvalue weighted by atomic mass is 10.1. The van der Waals surface area contributed by atoms with Crippen LogP contribution in [0.25, 0.3) is 0 Å². The molecular weight excluding hydrogens is 262 g/mol. The van der Waals surface area contributed by atoms with Crippen LogP contribution in [0.15, 0.2) is 28.8 Å². The summed E-state index contributed by atoms with van der Waals surface area (Å²) in [5.74, 6) is 1.66. The van der Waals surface area contributed by atoms with E-state index in [4.69, 9.17) is 21.9 Å². The van der Waals surface area contributed by atoms with E-state index in [1.807, 2.05) is 24.3 Å². The first kappa shape index (κ1) is 14.0. The van der Waals surface area contributed by atoms with Gasteiger partial charge in [0.25, 0.3) is 0 Å². The Morgan fingerprint density at radius 1 is 1.32 bits per heavy atom. The molecule has 1 unspecified atom stereocenters. The molecule has 1 aromatic carbocycles. The Balaban J connectivity index is 1.98. The van der Waals surface area contributed by atoms with Crippen molar-refractivity contribution in [2.75, 3.05) is 6.54 Å². The molecule has 1 aromatic heterocycles.